The maximum Gasteiger partial charge on any atom is 0.235 e. The van der Waals surface area contributed by atoms with E-state index in [2.05, 4.69) is 26.6 Å². The van der Waals surface area contributed by atoms with Crippen LogP contribution in [0.1, 0.15) is 49.8 Å². The fraction of sp³-hybridized carbons (Fsp3) is 0.344. The van der Waals surface area contributed by atoms with Crippen molar-refractivity contribution in [1.29, 1.82) is 0 Å². The normalized spacial score (nSPS) is 22.4. The minimum atomic E-state index is -1.70. The highest BCUT2D eigenvalue weighted by atomic mass is 79.9. The molecule has 4 atom stereocenters. The van der Waals surface area contributed by atoms with Crippen molar-refractivity contribution in [3.63, 3.8) is 0 Å². The maximum atomic E-state index is 14.0. The van der Waals surface area contributed by atoms with Gasteiger partial charge in [0.25, 0.3) is 0 Å². The zero-order chi connectivity index (χ0) is 29.0. The Morgan fingerprint density at radius 1 is 0.950 bits per heavy atom. The molecule has 7 nitrogen and oxygen atoms in total. The maximum absolute atomic E-state index is 14.0. The number of halogens is 1. The van der Waals surface area contributed by atoms with Crippen molar-refractivity contribution in [3.05, 3.63) is 87.9 Å². The minimum absolute atomic E-state index is 0.332. The van der Waals surface area contributed by atoms with E-state index in [-0.39, 0.29) is 6.42 Å². The van der Waals surface area contributed by atoms with Crippen molar-refractivity contribution in [2.24, 2.45) is 11.8 Å². The molecule has 210 valence electrons. The topological polar surface area (TPSA) is 105 Å². The van der Waals surface area contributed by atoms with Crippen LogP contribution in [0.2, 0.25) is 0 Å². The summed E-state index contributed by atoms with van der Waals surface area (Å²) >= 11 is 3.50. The quantitative estimate of drug-likeness (QED) is 0.277. The van der Waals surface area contributed by atoms with Gasteiger partial charge in [0, 0.05) is 23.7 Å². The van der Waals surface area contributed by atoms with E-state index in [1.165, 1.54) is 14.0 Å². The highest BCUT2D eigenvalue weighted by Crippen LogP contribution is 2.47. The predicted molar refractivity (Wildman–Crippen MR) is 160 cm³/mol. The van der Waals surface area contributed by atoms with Gasteiger partial charge >= 0.3 is 0 Å². The van der Waals surface area contributed by atoms with E-state index in [0.717, 1.165) is 11.1 Å². The second-order valence-corrected chi connectivity index (χ2v) is 11.2. The highest BCUT2D eigenvalue weighted by molar-refractivity contribution is 9.10. The lowest BCUT2D eigenvalue weighted by Gasteiger charge is -2.44. The van der Waals surface area contributed by atoms with Gasteiger partial charge in [-0.2, -0.15) is 0 Å². The Hall–Kier alpha value is -3.49. The Morgan fingerprint density at radius 2 is 1.50 bits per heavy atom. The molecule has 1 fully saturated rings. The largest absolute Gasteiger partial charge is 0.496 e. The number of carbonyl (C=O) groups is 3. The summed E-state index contributed by atoms with van der Waals surface area (Å²) < 4.78 is 5.99. The van der Waals surface area contributed by atoms with Crippen LogP contribution in [-0.2, 0) is 27.2 Å². The molecule has 0 bridgehead atoms. The molecule has 1 aliphatic rings. The standard InChI is InChI=1S/C32H35BrN2O5/c1-5-19-11-7-9-13-23(19)34-30(37)28-25(36)18-32(3,39)29(27(28)21-15-16-26(40-4)22(33)17-21)31(38)35-24-14-10-8-12-20(24)6-2/h7-17,27-29,39H,5-6,18H2,1-4H3,(H,34,37)(H,35,38). The number of Topliss-reactive ketones (excluding diaryl/α,β-unsaturated/α-hetero) is 1. The van der Waals surface area contributed by atoms with Crippen LogP contribution in [0.5, 0.6) is 5.75 Å². The second-order valence-electron chi connectivity index (χ2n) is 10.4. The summed E-state index contributed by atoms with van der Waals surface area (Å²) in [4.78, 5) is 41.5. The molecule has 40 heavy (non-hydrogen) atoms. The molecule has 4 unspecified atom stereocenters. The van der Waals surface area contributed by atoms with Crippen LogP contribution in [0.4, 0.5) is 11.4 Å². The Morgan fingerprint density at radius 3 is 2.02 bits per heavy atom. The molecule has 0 aromatic heterocycles. The van der Waals surface area contributed by atoms with Gasteiger partial charge in [-0.05, 0) is 76.7 Å². The van der Waals surface area contributed by atoms with Crippen LogP contribution in [0.25, 0.3) is 0 Å². The number of methoxy groups -OCH3 is 1. The van der Waals surface area contributed by atoms with E-state index in [1.807, 2.05) is 56.3 Å². The summed E-state index contributed by atoms with van der Waals surface area (Å²) in [7, 11) is 1.54. The monoisotopic (exact) mass is 606 g/mol. The third-order valence-corrected chi connectivity index (χ3v) is 8.32. The molecular weight excluding hydrogens is 572 g/mol. The van der Waals surface area contributed by atoms with Gasteiger partial charge in [0.15, 0.2) is 0 Å². The number of ketones is 1. The van der Waals surface area contributed by atoms with E-state index in [4.69, 9.17) is 4.74 Å². The Labute approximate surface area is 243 Å². The summed E-state index contributed by atoms with van der Waals surface area (Å²) in [6, 6.07) is 20.1. The molecule has 1 aliphatic carbocycles. The van der Waals surface area contributed by atoms with Gasteiger partial charge in [-0.25, -0.2) is 0 Å². The van der Waals surface area contributed by atoms with Crippen LogP contribution in [-0.4, -0.2) is 35.4 Å². The fourth-order valence-corrected chi connectivity index (χ4v) is 6.26. The van der Waals surface area contributed by atoms with Crippen molar-refractivity contribution in [3.8, 4) is 5.75 Å². The summed E-state index contributed by atoms with van der Waals surface area (Å²) in [5, 5.41) is 17.5. The molecule has 0 radical (unpaired) electrons. The zero-order valence-electron chi connectivity index (χ0n) is 23.2. The third-order valence-electron chi connectivity index (χ3n) is 7.71. The number of aryl methyl sites for hydroxylation is 2. The molecule has 3 aromatic rings. The molecule has 1 saturated carbocycles. The first-order chi connectivity index (χ1) is 19.1. The second kappa shape index (κ2) is 12.4. The average molecular weight is 608 g/mol. The van der Waals surface area contributed by atoms with E-state index in [0.29, 0.717) is 40.0 Å². The lowest BCUT2D eigenvalue weighted by molar-refractivity contribution is -0.150. The number of rotatable bonds is 8. The number of hydrogen-bond donors (Lipinski definition) is 3. The summed E-state index contributed by atoms with van der Waals surface area (Å²) in [6.45, 7) is 5.47. The number of carbonyl (C=O) groups excluding carboxylic acids is 3. The number of benzene rings is 3. The number of amides is 2. The van der Waals surface area contributed by atoms with Crippen LogP contribution in [0.3, 0.4) is 0 Å². The fourth-order valence-electron chi connectivity index (χ4n) is 5.70. The number of hydrogen-bond acceptors (Lipinski definition) is 5. The molecule has 2 amide bonds. The summed E-state index contributed by atoms with van der Waals surface area (Å²) in [5.74, 6) is -4.08. The van der Waals surface area contributed by atoms with Crippen LogP contribution >= 0.6 is 15.9 Å². The van der Waals surface area contributed by atoms with Gasteiger partial charge in [-0.15, -0.1) is 0 Å². The lowest BCUT2D eigenvalue weighted by Crippen LogP contribution is -2.56. The number of para-hydroxylation sites is 2. The van der Waals surface area contributed by atoms with Gasteiger partial charge < -0.3 is 20.5 Å². The van der Waals surface area contributed by atoms with E-state index in [9.17, 15) is 19.5 Å². The number of anilines is 2. The SMILES string of the molecule is CCc1ccccc1NC(=O)C1C(=O)CC(C)(O)C(C(=O)Nc2ccccc2CC)C1c1ccc(OC)c(Br)c1. The average Bonchev–Trinajstić information content (AvgIpc) is 2.92. The van der Waals surface area contributed by atoms with Gasteiger partial charge in [0.1, 0.15) is 17.5 Å². The first-order valence-corrected chi connectivity index (χ1v) is 14.3. The number of ether oxygens (including phenoxy) is 1. The van der Waals surface area contributed by atoms with Crippen molar-refractivity contribution in [2.75, 3.05) is 17.7 Å². The molecule has 0 aliphatic heterocycles. The van der Waals surface area contributed by atoms with Gasteiger partial charge in [-0.3, -0.25) is 14.4 Å². The Kier molecular flexibility index (Phi) is 9.11. The molecule has 3 aromatic carbocycles. The Balaban J connectivity index is 1.82. The number of aliphatic hydroxyl groups is 1. The van der Waals surface area contributed by atoms with Crippen molar-refractivity contribution in [2.45, 2.75) is 51.6 Å². The first kappa shape index (κ1) is 29.5. The third kappa shape index (κ3) is 5.98. The van der Waals surface area contributed by atoms with Gasteiger partial charge in [0.05, 0.1) is 23.1 Å². The van der Waals surface area contributed by atoms with Crippen LogP contribution < -0.4 is 15.4 Å². The van der Waals surface area contributed by atoms with Crippen LogP contribution in [0.15, 0.2) is 71.2 Å². The predicted octanol–water partition coefficient (Wildman–Crippen LogP) is 5.90. The van der Waals surface area contributed by atoms with Crippen LogP contribution in [0, 0.1) is 11.8 Å². The lowest BCUT2D eigenvalue weighted by atomic mass is 9.61. The molecular formula is C32H35BrN2O5. The summed E-state index contributed by atoms with van der Waals surface area (Å²) in [6.07, 6.45) is 1.06. The molecule has 0 spiro atoms. The van der Waals surface area contributed by atoms with Gasteiger partial charge in [0.2, 0.25) is 11.8 Å². The Bertz CT molecular complexity index is 1420. The molecule has 0 saturated heterocycles. The highest BCUT2D eigenvalue weighted by Gasteiger charge is 2.56. The molecule has 8 heteroatoms. The zero-order valence-corrected chi connectivity index (χ0v) is 24.7. The van der Waals surface area contributed by atoms with Gasteiger partial charge in [-0.1, -0.05) is 56.3 Å². The summed E-state index contributed by atoms with van der Waals surface area (Å²) in [5.41, 5.74) is 1.99. The molecule has 4 rings (SSSR count). The van der Waals surface area contributed by atoms with Crippen molar-refractivity contribution >= 4 is 44.9 Å². The molecule has 3 N–H and O–H groups in total. The van der Waals surface area contributed by atoms with Crippen molar-refractivity contribution < 1.29 is 24.2 Å². The first-order valence-electron chi connectivity index (χ1n) is 13.5. The number of nitrogens with one attached hydrogen (secondary N) is 2. The van der Waals surface area contributed by atoms with Crippen molar-refractivity contribution in [1.82, 2.24) is 0 Å². The van der Waals surface area contributed by atoms with E-state index < -0.39 is 41.0 Å². The minimum Gasteiger partial charge on any atom is -0.496 e. The smallest absolute Gasteiger partial charge is 0.235 e. The van der Waals surface area contributed by atoms with E-state index in [1.54, 1.807) is 24.3 Å². The molecule has 0 heterocycles. The van der Waals surface area contributed by atoms with E-state index >= 15 is 0 Å².